The van der Waals surface area contributed by atoms with Crippen LogP contribution in [0.5, 0.6) is 11.5 Å². The minimum Gasteiger partial charge on any atom is -0.507 e. The van der Waals surface area contributed by atoms with E-state index < -0.39 is 6.10 Å². The highest BCUT2D eigenvalue weighted by molar-refractivity contribution is 5.99. The van der Waals surface area contributed by atoms with E-state index in [9.17, 15) is 15.2 Å². The molecule has 2 unspecified atom stereocenters. The number of carbonyl (C=O) groups excluding carboxylic acids is 1. The van der Waals surface area contributed by atoms with E-state index >= 15 is 0 Å². The summed E-state index contributed by atoms with van der Waals surface area (Å²) in [6, 6.07) is 20.9. The van der Waals surface area contributed by atoms with E-state index in [-0.39, 0.29) is 24.4 Å². The molecule has 186 valence electrons. The van der Waals surface area contributed by atoms with Gasteiger partial charge in [-0.2, -0.15) is 5.26 Å². The van der Waals surface area contributed by atoms with Gasteiger partial charge in [-0.1, -0.05) is 37.3 Å². The molecule has 1 N–H and O–H groups in total. The van der Waals surface area contributed by atoms with Crippen molar-refractivity contribution in [3.05, 3.63) is 94.0 Å². The first-order chi connectivity index (χ1) is 17.5. The number of ether oxygens (including phenoxy) is 3. The molecule has 3 aromatic rings. The Kier molecular flexibility index (Phi) is 8.37. The molecule has 0 spiro atoms. The first-order valence-electron chi connectivity index (χ1n) is 12.3. The second-order valence-corrected chi connectivity index (χ2v) is 8.94. The Hall–Kier alpha value is -3.66. The predicted molar refractivity (Wildman–Crippen MR) is 136 cm³/mol. The summed E-state index contributed by atoms with van der Waals surface area (Å²) in [6.07, 6.45) is 2.54. The number of aromatic hydroxyl groups is 1. The summed E-state index contributed by atoms with van der Waals surface area (Å²) in [5.41, 5.74) is 4.17. The van der Waals surface area contributed by atoms with Crippen molar-refractivity contribution in [3.8, 4) is 17.6 Å². The molecule has 6 heteroatoms. The fourth-order valence-corrected chi connectivity index (χ4v) is 4.35. The van der Waals surface area contributed by atoms with Gasteiger partial charge in [0, 0.05) is 18.6 Å². The zero-order chi connectivity index (χ0) is 25.5. The van der Waals surface area contributed by atoms with Crippen LogP contribution in [-0.2, 0) is 16.1 Å². The first kappa shape index (κ1) is 25.4. The van der Waals surface area contributed by atoms with Gasteiger partial charge in [-0.25, -0.2) is 0 Å². The normalized spacial score (nSPS) is 16.2. The van der Waals surface area contributed by atoms with Gasteiger partial charge in [-0.05, 0) is 73.2 Å². The number of ketones is 1. The van der Waals surface area contributed by atoms with Crippen molar-refractivity contribution in [1.82, 2.24) is 0 Å². The molecule has 0 radical (unpaired) electrons. The molecule has 36 heavy (non-hydrogen) atoms. The molecule has 1 saturated heterocycles. The SMILES string of the molecule is CCC(=O)c1ccc(OCc2cccc(C(OC3CCCCO3)c3cccc(C#N)c3)c2)c(C)c1O. The van der Waals surface area contributed by atoms with E-state index in [1.165, 1.54) is 0 Å². The van der Waals surface area contributed by atoms with Crippen LogP contribution in [0.2, 0.25) is 0 Å². The van der Waals surface area contributed by atoms with Gasteiger partial charge < -0.3 is 19.3 Å². The van der Waals surface area contributed by atoms with Gasteiger partial charge in [0.05, 0.1) is 17.2 Å². The van der Waals surface area contributed by atoms with Gasteiger partial charge >= 0.3 is 0 Å². The van der Waals surface area contributed by atoms with E-state index in [1.807, 2.05) is 42.5 Å². The number of phenols is 1. The number of hydrogen-bond donors (Lipinski definition) is 1. The van der Waals surface area contributed by atoms with Gasteiger partial charge in [-0.3, -0.25) is 4.79 Å². The largest absolute Gasteiger partial charge is 0.507 e. The Labute approximate surface area is 212 Å². The van der Waals surface area contributed by atoms with Gasteiger partial charge in [0.15, 0.2) is 12.1 Å². The van der Waals surface area contributed by atoms with Crippen LogP contribution >= 0.6 is 0 Å². The maximum atomic E-state index is 12.0. The fraction of sp³-hybridized carbons (Fsp3) is 0.333. The van der Waals surface area contributed by atoms with E-state index in [4.69, 9.17) is 14.2 Å². The number of hydrogen-bond acceptors (Lipinski definition) is 6. The maximum Gasteiger partial charge on any atom is 0.166 e. The summed E-state index contributed by atoms with van der Waals surface area (Å²) in [6.45, 7) is 4.46. The van der Waals surface area contributed by atoms with Crippen molar-refractivity contribution in [3.63, 3.8) is 0 Å². The lowest BCUT2D eigenvalue weighted by Gasteiger charge is -2.28. The smallest absolute Gasteiger partial charge is 0.166 e. The van der Waals surface area contributed by atoms with Gasteiger partial charge in [0.2, 0.25) is 0 Å². The maximum absolute atomic E-state index is 12.0. The third-order valence-corrected chi connectivity index (χ3v) is 6.40. The molecule has 0 saturated carbocycles. The third-order valence-electron chi connectivity index (χ3n) is 6.40. The van der Waals surface area contributed by atoms with Gasteiger partial charge in [0.25, 0.3) is 0 Å². The molecule has 0 bridgehead atoms. The number of benzene rings is 3. The number of nitriles is 1. The number of rotatable bonds is 9. The van der Waals surface area contributed by atoms with Crippen molar-refractivity contribution in [2.24, 2.45) is 0 Å². The average molecular weight is 486 g/mol. The number of Topliss-reactive ketones (excluding diaryl/α,β-unsaturated/α-hetero) is 1. The summed E-state index contributed by atoms with van der Waals surface area (Å²) < 4.78 is 18.3. The summed E-state index contributed by atoms with van der Waals surface area (Å²) in [7, 11) is 0. The zero-order valence-electron chi connectivity index (χ0n) is 20.7. The Morgan fingerprint density at radius 3 is 2.64 bits per heavy atom. The Balaban J connectivity index is 1.57. The lowest BCUT2D eigenvalue weighted by Crippen LogP contribution is -2.25. The monoisotopic (exact) mass is 485 g/mol. The van der Waals surface area contributed by atoms with Crippen LogP contribution in [-0.4, -0.2) is 23.8 Å². The second-order valence-electron chi connectivity index (χ2n) is 8.94. The minimum absolute atomic E-state index is 0.0357. The molecule has 4 rings (SSSR count). The fourth-order valence-electron chi connectivity index (χ4n) is 4.35. The quantitative estimate of drug-likeness (QED) is 0.354. The average Bonchev–Trinajstić information content (AvgIpc) is 2.93. The molecular formula is C30H31NO5. The van der Waals surface area contributed by atoms with Crippen LogP contribution in [0.25, 0.3) is 0 Å². The molecule has 1 aliphatic heterocycles. The van der Waals surface area contributed by atoms with Crippen molar-refractivity contribution in [1.29, 1.82) is 5.26 Å². The van der Waals surface area contributed by atoms with Crippen LogP contribution in [0.4, 0.5) is 0 Å². The zero-order valence-corrected chi connectivity index (χ0v) is 20.7. The Morgan fingerprint density at radius 2 is 1.92 bits per heavy atom. The first-order valence-corrected chi connectivity index (χ1v) is 12.3. The van der Waals surface area contributed by atoms with E-state index in [0.29, 0.717) is 35.5 Å². The lowest BCUT2D eigenvalue weighted by atomic mass is 9.98. The summed E-state index contributed by atoms with van der Waals surface area (Å²) in [5, 5.41) is 19.9. The standard InChI is InChI=1S/C30H31NO5/c1-3-26(32)25-13-14-27(20(2)29(25)33)35-19-22-9-7-11-24(17-22)30(36-28-12-4-5-15-34-28)23-10-6-8-21(16-23)18-31/h6-11,13-14,16-17,28,30,33H,3-5,12,15,19H2,1-2H3. The number of phenolic OH excluding ortho intramolecular Hbond substituents is 1. The number of nitrogens with zero attached hydrogens (tertiary/aromatic N) is 1. The molecule has 0 aromatic heterocycles. The van der Waals surface area contributed by atoms with Crippen molar-refractivity contribution in [2.75, 3.05) is 6.61 Å². The topological polar surface area (TPSA) is 88.8 Å². The summed E-state index contributed by atoms with van der Waals surface area (Å²) in [4.78, 5) is 12.0. The van der Waals surface area contributed by atoms with Crippen LogP contribution in [0.15, 0.2) is 60.7 Å². The van der Waals surface area contributed by atoms with E-state index in [2.05, 4.69) is 6.07 Å². The van der Waals surface area contributed by atoms with Gasteiger partial charge in [0.1, 0.15) is 24.2 Å². The molecule has 0 aliphatic carbocycles. The molecular weight excluding hydrogens is 454 g/mol. The predicted octanol–water partition coefficient (Wildman–Crippen LogP) is 6.38. The van der Waals surface area contributed by atoms with Crippen LogP contribution in [0.3, 0.4) is 0 Å². The summed E-state index contributed by atoms with van der Waals surface area (Å²) in [5.74, 6) is 0.380. The highest BCUT2D eigenvalue weighted by Crippen LogP contribution is 2.33. The minimum atomic E-state index is -0.397. The second kappa shape index (κ2) is 11.9. The highest BCUT2D eigenvalue weighted by Gasteiger charge is 2.23. The van der Waals surface area contributed by atoms with E-state index in [0.717, 1.165) is 36.0 Å². The number of carbonyl (C=O) groups is 1. The Morgan fingerprint density at radius 1 is 1.14 bits per heavy atom. The van der Waals surface area contributed by atoms with Gasteiger partial charge in [-0.15, -0.1) is 0 Å². The lowest BCUT2D eigenvalue weighted by molar-refractivity contribution is -0.181. The highest BCUT2D eigenvalue weighted by atomic mass is 16.7. The molecule has 3 aromatic carbocycles. The molecule has 0 amide bonds. The molecule has 1 fully saturated rings. The van der Waals surface area contributed by atoms with Crippen LogP contribution in [0, 0.1) is 18.3 Å². The Bertz CT molecular complexity index is 1260. The molecule has 1 heterocycles. The van der Waals surface area contributed by atoms with E-state index in [1.54, 1.807) is 32.0 Å². The van der Waals surface area contributed by atoms with Crippen LogP contribution in [0.1, 0.15) is 76.9 Å². The van der Waals surface area contributed by atoms with Crippen LogP contribution < -0.4 is 4.74 Å². The third kappa shape index (κ3) is 5.93. The van der Waals surface area contributed by atoms with Crippen molar-refractivity contribution < 1.29 is 24.1 Å². The molecule has 1 aliphatic rings. The van der Waals surface area contributed by atoms with Crippen molar-refractivity contribution in [2.45, 2.75) is 58.5 Å². The van der Waals surface area contributed by atoms with Crippen molar-refractivity contribution >= 4 is 5.78 Å². The summed E-state index contributed by atoms with van der Waals surface area (Å²) >= 11 is 0. The molecule has 6 nitrogen and oxygen atoms in total. The molecule has 2 atom stereocenters.